The Bertz CT molecular complexity index is 583. The molecule has 1 spiro atoms. The molecule has 4 heteroatoms. The van der Waals surface area contributed by atoms with Gasteiger partial charge in [-0.15, -0.1) is 0 Å². The predicted molar refractivity (Wildman–Crippen MR) is 73.9 cm³/mol. The van der Waals surface area contributed by atoms with E-state index in [0.717, 1.165) is 18.4 Å². The fraction of sp³-hybridized carbons (Fsp3) is 0.375. The molecule has 0 saturated heterocycles. The molecule has 1 aliphatic carbocycles. The summed E-state index contributed by atoms with van der Waals surface area (Å²) in [6, 6.07) is 9.47. The van der Waals surface area contributed by atoms with Crippen molar-refractivity contribution < 1.29 is 14.7 Å². The van der Waals surface area contributed by atoms with Gasteiger partial charge in [0.05, 0.1) is 5.70 Å². The first-order chi connectivity index (χ1) is 9.63. The molecule has 0 atom stereocenters. The molecule has 104 valence electrons. The molecule has 0 unspecified atom stereocenters. The summed E-state index contributed by atoms with van der Waals surface area (Å²) in [5.41, 5.74) is 0.262. The Morgan fingerprint density at radius 3 is 2.40 bits per heavy atom. The number of nitrogens with one attached hydrogen (secondary N) is 1. The maximum Gasteiger partial charge on any atom is 0.238 e. The molecule has 0 radical (unpaired) electrons. The van der Waals surface area contributed by atoms with E-state index in [1.807, 2.05) is 30.3 Å². The van der Waals surface area contributed by atoms with Gasteiger partial charge in [-0.2, -0.15) is 0 Å². The van der Waals surface area contributed by atoms with Crippen molar-refractivity contribution >= 4 is 11.7 Å². The number of ketones is 1. The Labute approximate surface area is 117 Å². The molecule has 1 fully saturated rings. The monoisotopic (exact) mass is 271 g/mol. The quantitative estimate of drug-likeness (QED) is 0.811. The number of benzene rings is 1. The number of allylic oxidation sites excluding steroid dienone is 2. The molecule has 1 aromatic rings. The zero-order valence-corrected chi connectivity index (χ0v) is 11.2. The SMILES string of the molecule is O=C1NC(Cc2ccccc2)=C(O)C(=O)C12CCCC2. The fourth-order valence-corrected chi connectivity index (χ4v) is 3.14. The van der Waals surface area contributed by atoms with Gasteiger partial charge in [0.15, 0.2) is 5.76 Å². The van der Waals surface area contributed by atoms with E-state index in [-0.39, 0.29) is 11.7 Å². The van der Waals surface area contributed by atoms with Crippen molar-refractivity contribution in [2.75, 3.05) is 0 Å². The highest BCUT2D eigenvalue weighted by Crippen LogP contribution is 2.43. The van der Waals surface area contributed by atoms with Crippen molar-refractivity contribution in [3.05, 3.63) is 47.4 Å². The second kappa shape index (κ2) is 4.78. The summed E-state index contributed by atoms with van der Waals surface area (Å²) >= 11 is 0. The molecule has 2 N–H and O–H groups in total. The van der Waals surface area contributed by atoms with Gasteiger partial charge < -0.3 is 10.4 Å². The summed E-state index contributed by atoms with van der Waals surface area (Å²) in [5.74, 6) is -0.913. The predicted octanol–water partition coefficient (Wildman–Crippen LogP) is 2.26. The molecule has 1 saturated carbocycles. The smallest absolute Gasteiger partial charge is 0.238 e. The van der Waals surface area contributed by atoms with Crippen LogP contribution in [0.25, 0.3) is 0 Å². The van der Waals surface area contributed by atoms with Crippen LogP contribution in [0, 0.1) is 5.41 Å². The molecule has 20 heavy (non-hydrogen) atoms. The Morgan fingerprint density at radius 2 is 1.75 bits per heavy atom. The van der Waals surface area contributed by atoms with E-state index in [9.17, 15) is 14.7 Å². The van der Waals surface area contributed by atoms with E-state index in [2.05, 4.69) is 5.32 Å². The third-order valence-electron chi connectivity index (χ3n) is 4.32. The lowest BCUT2D eigenvalue weighted by atomic mass is 9.77. The van der Waals surface area contributed by atoms with Crippen molar-refractivity contribution in [2.24, 2.45) is 5.41 Å². The summed E-state index contributed by atoms with van der Waals surface area (Å²) in [6.07, 6.45) is 3.17. The maximum atomic E-state index is 12.4. The summed E-state index contributed by atoms with van der Waals surface area (Å²) in [4.78, 5) is 24.7. The number of carbonyl (C=O) groups excluding carboxylic acids is 2. The van der Waals surface area contributed by atoms with Gasteiger partial charge in [-0.25, -0.2) is 0 Å². The number of aliphatic hydroxyl groups is 1. The number of hydrogen-bond acceptors (Lipinski definition) is 3. The van der Waals surface area contributed by atoms with Gasteiger partial charge in [0.2, 0.25) is 11.7 Å². The van der Waals surface area contributed by atoms with E-state index in [1.165, 1.54) is 0 Å². The van der Waals surface area contributed by atoms with Crippen molar-refractivity contribution in [2.45, 2.75) is 32.1 Å². The molecule has 0 aromatic heterocycles. The minimum Gasteiger partial charge on any atom is -0.503 e. The van der Waals surface area contributed by atoms with Crippen molar-refractivity contribution in [3.63, 3.8) is 0 Å². The van der Waals surface area contributed by atoms with Crippen molar-refractivity contribution in [3.8, 4) is 0 Å². The van der Waals surface area contributed by atoms with Crippen LogP contribution in [0.1, 0.15) is 31.2 Å². The van der Waals surface area contributed by atoms with E-state index in [0.29, 0.717) is 25.0 Å². The molecular weight excluding hydrogens is 254 g/mol. The van der Waals surface area contributed by atoms with Crippen LogP contribution < -0.4 is 5.32 Å². The van der Waals surface area contributed by atoms with Crippen LogP contribution in [-0.2, 0) is 16.0 Å². The summed E-state index contributed by atoms with van der Waals surface area (Å²) in [6.45, 7) is 0. The normalized spacial score (nSPS) is 21.4. The molecule has 2 aliphatic rings. The van der Waals surface area contributed by atoms with E-state index in [1.54, 1.807) is 0 Å². The molecule has 1 heterocycles. The summed E-state index contributed by atoms with van der Waals surface area (Å²) < 4.78 is 0. The van der Waals surface area contributed by atoms with Crippen LogP contribution >= 0.6 is 0 Å². The minimum atomic E-state index is -1.01. The van der Waals surface area contributed by atoms with Gasteiger partial charge in [-0.3, -0.25) is 9.59 Å². The second-order valence-corrected chi connectivity index (χ2v) is 5.56. The van der Waals surface area contributed by atoms with Gasteiger partial charge in [-0.1, -0.05) is 43.2 Å². The Balaban J connectivity index is 1.91. The molecule has 3 rings (SSSR count). The van der Waals surface area contributed by atoms with Gasteiger partial charge in [0.25, 0.3) is 0 Å². The van der Waals surface area contributed by atoms with Gasteiger partial charge in [0, 0.05) is 6.42 Å². The summed E-state index contributed by atoms with van der Waals surface area (Å²) in [5, 5.41) is 12.9. The number of Topliss-reactive ketones (excluding diaryl/α,β-unsaturated/α-hetero) is 1. The zero-order chi connectivity index (χ0) is 14.2. The van der Waals surface area contributed by atoms with E-state index in [4.69, 9.17) is 0 Å². The van der Waals surface area contributed by atoms with Crippen molar-refractivity contribution in [1.29, 1.82) is 0 Å². The Morgan fingerprint density at radius 1 is 1.10 bits per heavy atom. The van der Waals surface area contributed by atoms with Crippen LogP contribution in [0.3, 0.4) is 0 Å². The Hall–Kier alpha value is -2.10. The first-order valence-electron chi connectivity index (χ1n) is 6.96. The highest BCUT2D eigenvalue weighted by molar-refractivity contribution is 6.15. The van der Waals surface area contributed by atoms with Crippen LogP contribution in [0.5, 0.6) is 0 Å². The number of carbonyl (C=O) groups is 2. The number of hydrogen-bond donors (Lipinski definition) is 2. The molecule has 1 aromatic carbocycles. The lowest BCUT2D eigenvalue weighted by Crippen LogP contribution is -2.50. The second-order valence-electron chi connectivity index (χ2n) is 5.56. The fourth-order valence-electron chi connectivity index (χ4n) is 3.14. The zero-order valence-electron chi connectivity index (χ0n) is 11.2. The van der Waals surface area contributed by atoms with Crippen LogP contribution in [0.4, 0.5) is 0 Å². The molecule has 4 nitrogen and oxygen atoms in total. The first-order valence-corrected chi connectivity index (χ1v) is 6.96. The highest BCUT2D eigenvalue weighted by atomic mass is 16.3. The van der Waals surface area contributed by atoms with E-state index < -0.39 is 11.2 Å². The largest absolute Gasteiger partial charge is 0.503 e. The molecule has 1 amide bonds. The third kappa shape index (κ3) is 1.92. The van der Waals surface area contributed by atoms with Gasteiger partial charge >= 0.3 is 0 Å². The van der Waals surface area contributed by atoms with Crippen molar-refractivity contribution in [1.82, 2.24) is 5.32 Å². The third-order valence-corrected chi connectivity index (χ3v) is 4.32. The van der Waals surface area contributed by atoms with Gasteiger partial charge in [0.1, 0.15) is 5.41 Å². The average Bonchev–Trinajstić information content (AvgIpc) is 2.95. The van der Waals surface area contributed by atoms with Crippen LogP contribution in [-0.4, -0.2) is 16.8 Å². The minimum absolute atomic E-state index is 0.247. The lowest BCUT2D eigenvalue weighted by Gasteiger charge is -2.31. The number of rotatable bonds is 2. The molecule has 0 bridgehead atoms. The van der Waals surface area contributed by atoms with Crippen LogP contribution in [0.2, 0.25) is 0 Å². The number of aliphatic hydroxyl groups excluding tert-OH is 1. The van der Waals surface area contributed by atoms with Crippen LogP contribution in [0.15, 0.2) is 41.8 Å². The van der Waals surface area contributed by atoms with Gasteiger partial charge in [-0.05, 0) is 18.4 Å². The maximum absolute atomic E-state index is 12.4. The molecule has 1 aliphatic heterocycles. The topological polar surface area (TPSA) is 66.4 Å². The molecular formula is C16H17NO3. The average molecular weight is 271 g/mol. The Kier molecular flexibility index (Phi) is 3.08. The highest BCUT2D eigenvalue weighted by Gasteiger charge is 2.52. The van der Waals surface area contributed by atoms with E-state index >= 15 is 0 Å². The summed E-state index contributed by atoms with van der Waals surface area (Å²) in [7, 11) is 0. The lowest BCUT2D eigenvalue weighted by molar-refractivity contribution is -0.142. The first kappa shape index (κ1) is 12.9. The standard InChI is InChI=1S/C16H17NO3/c18-13-12(10-11-6-2-1-3-7-11)17-15(20)16(14(13)19)8-4-5-9-16/h1-3,6-7,18H,4-5,8-10H2,(H,17,20). The number of amides is 1.